The van der Waals surface area contributed by atoms with Gasteiger partial charge in [-0.3, -0.25) is 4.79 Å². The normalized spacial score (nSPS) is 20.2. The topological polar surface area (TPSA) is 53.7 Å². The number of amides is 1. The fraction of sp³-hybridized carbons (Fsp3) is 0.588. The third kappa shape index (κ3) is 2.78. The third-order valence-corrected chi connectivity index (χ3v) is 5.11. The van der Waals surface area contributed by atoms with Crippen molar-refractivity contribution in [3.05, 3.63) is 24.5 Å². The Morgan fingerprint density at radius 1 is 1.00 bits per heavy atom. The number of nitrogens with zero attached hydrogens (tertiary/aromatic N) is 5. The molecule has 4 rings (SSSR count). The summed E-state index contributed by atoms with van der Waals surface area (Å²) in [6.45, 7) is 3.72. The van der Waals surface area contributed by atoms with Crippen LogP contribution in [0.3, 0.4) is 0 Å². The first-order chi connectivity index (χ1) is 11.3. The summed E-state index contributed by atoms with van der Waals surface area (Å²) in [5, 5.41) is 4.36. The van der Waals surface area contributed by atoms with E-state index in [1.807, 2.05) is 22.8 Å². The Bertz CT molecular complexity index is 683. The van der Waals surface area contributed by atoms with Gasteiger partial charge in [0.1, 0.15) is 5.82 Å². The second-order valence-electron chi connectivity index (χ2n) is 6.55. The molecule has 2 aromatic heterocycles. The van der Waals surface area contributed by atoms with E-state index in [1.165, 1.54) is 19.3 Å². The summed E-state index contributed by atoms with van der Waals surface area (Å²) in [7, 11) is 0. The molecule has 6 nitrogen and oxygen atoms in total. The van der Waals surface area contributed by atoms with Crippen LogP contribution >= 0.6 is 0 Å². The highest BCUT2D eigenvalue weighted by atomic mass is 16.2. The van der Waals surface area contributed by atoms with Crippen LogP contribution in [0.2, 0.25) is 0 Å². The number of fused-ring (bicyclic) bond motifs is 1. The first kappa shape index (κ1) is 14.5. The fourth-order valence-corrected chi connectivity index (χ4v) is 3.79. The maximum Gasteiger partial charge on any atom is 0.225 e. The Labute approximate surface area is 136 Å². The summed E-state index contributed by atoms with van der Waals surface area (Å²) in [6, 6.07) is 3.92. The van der Waals surface area contributed by atoms with Crippen LogP contribution < -0.4 is 4.90 Å². The number of aromatic nitrogens is 3. The molecule has 0 radical (unpaired) electrons. The van der Waals surface area contributed by atoms with Crippen molar-refractivity contribution in [2.45, 2.75) is 32.1 Å². The van der Waals surface area contributed by atoms with Crippen LogP contribution in [0.5, 0.6) is 0 Å². The van der Waals surface area contributed by atoms with Gasteiger partial charge in [-0.15, -0.1) is 0 Å². The van der Waals surface area contributed by atoms with Gasteiger partial charge in [-0.25, -0.2) is 4.98 Å². The van der Waals surface area contributed by atoms with Gasteiger partial charge in [0.05, 0.1) is 6.20 Å². The van der Waals surface area contributed by atoms with Crippen LogP contribution in [0, 0.1) is 5.92 Å². The first-order valence-electron chi connectivity index (χ1n) is 8.65. The smallest absolute Gasteiger partial charge is 0.225 e. The quantitative estimate of drug-likeness (QED) is 0.850. The number of carbonyl (C=O) groups is 1. The standard InChI is InChI=1S/C17H23N5O/c23-17(21-10-2-1-3-11-21)14-6-12-20(13-7-14)16-5-8-18-15-4-9-19-22(15)16/h4-5,8-9,14H,1-3,6-7,10-13H2. The molecule has 0 bridgehead atoms. The van der Waals surface area contributed by atoms with Crippen molar-refractivity contribution < 1.29 is 4.79 Å². The first-order valence-corrected chi connectivity index (χ1v) is 8.65. The number of carbonyl (C=O) groups excluding carboxylic acids is 1. The van der Waals surface area contributed by atoms with E-state index in [2.05, 4.69) is 19.9 Å². The number of likely N-dealkylation sites (tertiary alicyclic amines) is 1. The van der Waals surface area contributed by atoms with Crippen LogP contribution in [0.1, 0.15) is 32.1 Å². The second kappa shape index (κ2) is 6.18. The molecule has 1 amide bonds. The lowest BCUT2D eigenvalue weighted by Crippen LogP contribution is -2.44. The summed E-state index contributed by atoms with van der Waals surface area (Å²) in [5.41, 5.74) is 0.869. The van der Waals surface area contributed by atoms with Crippen molar-refractivity contribution >= 4 is 17.4 Å². The Morgan fingerprint density at radius 3 is 2.57 bits per heavy atom. The Kier molecular flexibility index (Phi) is 3.89. The molecule has 0 N–H and O–H groups in total. The number of anilines is 1. The van der Waals surface area contributed by atoms with Crippen molar-refractivity contribution in [2.75, 3.05) is 31.1 Å². The lowest BCUT2D eigenvalue weighted by Gasteiger charge is -2.36. The van der Waals surface area contributed by atoms with E-state index >= 15 is 0 Å². The predicted octanol–water partition coefficient (Wildman–Crippen LogP) is 1.96. The zero-order valence-corrected chi connectivity index (χ0v) is 13.4. The van der Waals surface area contributed by atoms with E-state index in [0.717, 1.165) is 50.5 Å². The van der Waals surface area contributed by atoms with Crippen LogP contribution in [0.25, 0.3) is 5.65 Å². The molecular formula is C17H23N5O. The van der Waals surface area contributed by atoms with Crippen molar-refractivity contribution in [1.82, 2.24) is 19.5 Å². The minimum atomic E-state index is 0.194. The molecule has 0 saturated carbocycles. The van der Waals surface area contributed by atoms with Crippen LogP contribution in [0.4, 0.5) is 5.82 Å². The van der Waals surface area contributed by atoms with Crippen molar-refractivity contribution in [3.8, 4) is 0 Å². The number of hydrogen-bond donors (Lipinski definition) is 0. The summed E-state index contributed by atoms with van der Waals surface area (Å²) in [6.07, 6.45) is 9.07. The molecule has 6 heteroatoms. The summed E-state index contributed by atoms with van der Waals surface area (Å²) in [5.74, 6) is 1.64. The van der Waals surface area contributed by atoms with Gasteiger partial charge in [0, 0.05) is 44.4 Å². The second-order valence-corrected chi connectivity index (χ2v) is 6.55. The van der Waals surface area contributed by atoms with E-state index in [9.17, 15) is 4.79 Å². The molecule has 2 aliphatic heterocycles. The average Bonchev–Trinajstić information content (AvgIpc) is 3.11. The summed E-state index contributed by atoms with van der Waals surface area (Å²) in [4.78, 5) is 21.4. The highest BCUT2D eigenvalue weighted by Gasteiger charge is 2.29. The van der Waals surface area contributed by atoms with Crippen LogP contribution in [-0.2, 0) is 4.79 Å². The molecule has 0 unspecified atom stereocenters. The Morgan fingerprint density at radius 2 is 1.78 bits per heavy atom. The molecule has 0 aromatic carbocycles. The van der Waals surface area contributed by atoms with Gasteiger partial charge >= 0.3 is 0 Å². The summed E-state index contributed by atoms with van der Waals surface area (Å²) < 4.78 is 1.88. The van der Waals surface area contributed by atoms with E-state index in [0.29, 0.717) is 5.91 Å². The zero-order chi connectivity index (χ0) is 15.6. The molecule has 2 aromatic rings. The molecule has 0 spiro atoms. The van der Waals surface area contributed by atoms with Gasteiger partial charge in [0.15, 0.2) is 5.65 Å². The predicted molar refractivity (Wildman–Crippen MR) is 88.4 cm³/mol. The molecule has 2 fully saturated rings. The van der Waals surface area contributed by atoms with E-state index in [-0.39, 0.29) is 5.92 Å². The molecule has 2 aliphatic rings. The molecule has 0 atom stereocenters. The number of hydrogen-bond acceptors (Lipinski definition) is 4. The van der Waals surface area contributed by atoms with E-state index in [1.54, 1.807) is 6.20 Å². The zero-order valence-electron chi connectivity index (χ0n) is 13.4. The third-order valence-electron chi connectivity index (χ3n) is 5.11. The number of piperidine rings is 2. The maximum absolute atomic E-state index is 12.6. The van der Waals surface area contributed by atoms with E-state index < -0.39 is 0 Å². The minimum absolute atomic E-state index is 0.194. The molecule has 2 saturated heterocycles. The molecule has 23 heavy (non-hydrogen) atoms. The molecule has 122 valence electrons. The molecular weight excluding hydrogens is 290 g/mol. The lowest BCUT2D eigenvalue weighted by atomic mass is 9.94. The van der Waals surface area contributed by atoms with Gasteiger partial charge in [-0.05, 0) is 38.2 Å². The monoisotopic (exact) mass is 313 g/mol. The SMILES string of the molecule is O=C(C1CCN(c2ccnc3ccnn23)CC1)N1CCCCC1. The average molecular weight is 313 g/mol. The van der Waals surface area contributed by atoms with Gasteiger partial charge in [0.25, 0.3) is 0 Å². The van der Waals surface area contributed by atoms with E-state index in [4.69, 9.17) is 0 Å². The van der Waals surface area contributed by atoms with Gasteiger partial charge in [-0.2, -0.15) is 9.61 Å². The molecule has 4 heterocycles. The Hall–Kier alpha value is -2.11. The summed E-state index contributed by atoms with van der Waals surface area (Å²) >= 11 is 0. The Balaban J connectivity index is 1.42. The van der Waals surface area contributed by atoms with Crippen molar-refractivity contribution in [1.29, 1.82) is 0 Å². The highest BCUT2D eigenvalue weighted by molar-refractivity contribution is 5.79. The fourth-order valence-electron chi connectivity index (χ4n) is 3.79. The van der Waals surface area contributed by atoms with Crippen molar-refractivity contribution in [3.63, 3.8) is 0 Å². The van der Waals surface area contributed by atoms with Crippen LogP contribution in [-0.4, -0.2) is 51.6 Å². The largest absolute Gasteiger partial charge is 0.356 e. The highest BCUT2D eigenvalue weighted by Crippen LogP contribution is 2.25. The number of rotatable bonds is 2. The van der Waals surface area contributed by atoms with Gasteiger partial charge in [-0.1, -0.05) is 0 Å². The van der Waals surface area contributed by atoms with Crippen molar-refractivity contribution in [2.24, 2.45) is 5.92 Å². The van der Waals surface area contributed by atoms with Crippen LogP contribution in [0.15, 0.2) is 24.5 Å². The maximum atomic E-state index is 12.6. The molecule has 0 aliphatic carbocycles. The lowest BCUT2D eigenvalue weighted by molar-refractivity contribution is -0.137. The van der Waals surface area contributed by atoms with Gasteiger partial charge in [0.2, 0.25) is 5.91 Å². The minimum Gasteiger partial charge on any atom is -0.356 e. The van der Waals surface area contributed by atoms with Gasteiger partial charge < -0.3 is 9.80 Å².